The van der Waals surface area contributed by atoms with Crippen molar-refractivity contribution in [2.45, 2.75) is 44.8 Å². The number of amides is 1. The van der Waals surface area contributed by atoms with Gasteiger partial charge in [-0.05, 0) is 38.8 Å². The summed E-state index contributed by atoms with van der Waals surface area (Å²) in [4.78, 5) is 20.1. The monoisotopic (exact) mass is 356 g/mol. The number of morpholine rings is 1. The Bertz CT molecular complexity index is 757. The molecule has 1 amide bonds. The van der Waals surface area contributed by atoms with Crippen molar-refractivity contribution < 1.29 is 9.53 Å². The minimum atomic E-state index is -0.0111. The molecule has 1 aliphatic carbocycles. The summed E-state index contributed by atoms with van der Waals surface area (Å²) in [6.07, 6.45) is 6.26. The molecular weight excluding hydrogens is 332 g/mol. The number of benzene rings is 1. The van der Waals surface area contributed by atoms with Crippen LogP contribution in [-0.2, 0) is 9.53 Å². The molecule has 1 fully saturated rings. The number of para-hydroxylation sites is 1. The Morgan fingerprint density at radius 2 is 1.88 bits per heavy atom. The van der Waals surface area contributed by atoms with Gasteiger partial charge in [0.2, 0.25) is 5.91 Å². The van der Waals surface area contributed by atoms with Crippen LogP contribution in [-0.4, -0.2) is 41.1 Å². The van der Waals surface area contributed by atoms with Gasteiger partial charge in [-0.25, -0.2) is 4.98 Å². The second-order valence-corrected chi connectivity index (χ2v) is 8.24. The molecule has 1 saturated heterocycles. The first kappa shape index (κ1) is 16.7. The van der Waals surface area contributed by atoms with Crippen molar-refractivity contribution in [3.05, 3.63) is 41.4 Å². The molecule has 0 spiro atoms. The third-order valence-electron chi connectivity index (χ3n) is 5.11. The number of carbonyl (C=O) groups is 1. The van der Waals surface area contributed by atoms with E-state index in [0.717, 1.165) is 23.4 Å². The van der Waals surface area contributed by atoms with E-state index in [1.54, 1.807) is 11.3 Å². The largest absolute Gasteiger partial charge is 0.372 e. The van der Waals surface area contributed by atoms with E-state index < -0.39 is 0 Å². The van der Waals surface area contributed by atoms with Gasteiger partial charge in [0.15, 0.2) is 0 Å². The zero-order valence-electron chi connectivity index (χ0n) is 14.7. The Labute approximate surface area is 152 Å². The first-order chi connectivity index (χ1) is 12.1. The van der Waals surface area contributed by atoms with Crippen LogP contribution in [0.1, 0.15) is 37.6 Å². The summed E-state index contributed by atoms with van der Waals surface area (Å²) in [6.45, 7) is 5.47. The number of fused-ring (bicyclic) bond motifs is 1. The molecule has 1 aromatic carbocycles. The highest BCUT2D eigenvalue weighted by Gasteiger charge is 2.37. The standard InChI is InChI=1S/C20H24N2O2S/c1-13-11-22(12-14(2)24-13)20(23)16-8-4-3-7-15(16)19-21-17-9-5-6-10-18(17)25-19/h3-6,9-10,13-16H,7-8,11-12H2,1-2H3. The summed E-state index contributed by atoms with van der Waals surface area (Å²) in [5, 5.41) is 1.10. The number of hydrogen-bond donors (Lipinski definition) is 0. The zero-order valence-corrected chi connectivity index (χ0v) is 15.5. The van der Waals surface area contributed by atoms with Crippen LogP contribution in [0.2, 0.25) is 0 Å². The van der Waals surface area contributed by atoms with E-state index in [4.69, 9.17) is 9.72 Å². The quantitative estimate of drug-likeness (QED) is 0.764. The first-order valence-corrected chi connectivity index (χ1v) is 9.88. The highest BCUT2D eigenvalue weighted by molar-refractivity contribution is 7.18. The molecule has 25 heavy (non-hydrogen) atoms. The summed E-state index contributed by atoms with van der Waals surface area (Å²) < 4.78 is 6.99. The van der Waals surface area contributed by atoms with Crippen LogP contribution in [0, 0.1) is 5.92 Å². The van der Waals surface area contributed by atoms with Gasteiger partial charge in [-0.15, -0.1) is 11.3 Å². The van der Waals surface area contributed by atoms with E-state index in [1.165, 1.54) is 4.70 Å². The summed E-state index contributed by atoms with van der Waals surface area (Å²) in [5.41, 5.74) is 1.04. The molecule has 2 aromatic rings. The third-order valence-corrected chi connectivity index (χ3v) is 6.28. The van der Waals surface area contributed by atoms with Crippen LogP contribution < -0.4 is 0 Å². The van der Waals surface area contributed by atoms with Crippen LogP contribution in [0.15, 0.2) is 36.4 Å². The van der Waals surface area contributed by atoms with E-state index in [0.29, 0.717) is 13.1 Å². The highest BCUT2D eigenvalue weighted by atomic mass is 32.1. The van der Waals surface area contributed by atoms with Crippen molar-refractivity contribution in [1.29, 1.82) is 0 Å². The molecule has 4 atom stereocenters. The number of allylic oxidation sites excluding steroid dienone is 2. The lowest BCUT2D eigenvalue weighted by atomic mass is 9.82. The summed E-state index contributed by atoms with van der Waals surface area (Å²) in [7, 11) is 0. The van der Waals surface area contributed by atoms with E-state index in [-0.39, 0.29) is 30.0 Å². The molecule has 1 aliphatic heterocycles. The lowest BCUT2D eigenvalue weighted by Crippen LogP contribution is -2.50. The summed E-state index contributed by atoms with van der Waals surface area (Å²) >= 11 is 1.73. The fourth-order valence-corrected chi connectivity index (χ4v) is 5.15. The van der Waals surface area contributed by atoms with E-state index in [9.17, 15) is 4.79 Å². The number of carbonyl (C=O) groups excluding carboxylic acids is 1. The molecule has 0 N–H and O–H groups in total. The lowest BCUT2D eigenvalue weighted by Gasteiger charge is -2.38. The van der Waals surface area contributed by atoms with Gasteiger partial charge in [-0.3, -0.25) is 4.79 Å². The molecular formula is C20H24N2O2S. The number of nitrogens with zero attached hydrogens (tertiary/aromatic N) is 2. The van der Waals surface area contributed by atoms with Gasteiger partial charge in [-0.2, -0.15) is 0 Å². The van der Waals surface area contributed by atoms with Crippen molar-refractivity contribution in [2.75, 3.05) is 13.1 Å². The maximum absolute atomic E-state index is 13.3. The Hall–Kier alpha value is -1.72. The molecule has 4 rings (SSSR count). The van der Waals surface area contributed by atoms with Crippen molar-refractivity contribution in [3.63, 3.8) is 0 Å². The Kier molecular flexibility index (Phi) is 4.61. The number of thiazole rings is 1. The minimum absolute atomic E-state index is 0.0111. The number of ether oxygens (including phenoxy) is 1. The minimum Gasteiger partial charge on any atom is -0.372 e. The molecule has 2 aliphatic rings. The topological polar surface area (TPSA) is 42.4 Å². The summed E-state index contributed by atoms with van der Waals surface area (Å²) in [6, 6.07) is 8.23. The molecule has 0 radical (unpaired) electrons. The molecule has 4 nitrogen and oxygen atoms in total. The fourth-order valence-electron chi connectivity index (χ4n) is 4.00. The average molecular weight is 356 g/mol. The van der Waals surface area contributed by atoms with E-state index in [2.05, 4.69) is 24.3 Å². The number of hydrogen-bond acceptors (Lipinski definition) is 4. The van der Waals surface area contributed by atoms with Gasteiger partial charge in [0.25, 0.3) is 0 Å². The number of aromatic nitrogens is 1. The number of rotatable bonds is 2. The Balaban J connectivity index is 1.60. The second kappa shape index (κ2) is 6.89. The van der Waals surface area contributed by atoms with Crippen molar-refractivity contribution in [3.8, 4) is 0 Å². The van der Waals surface area contributed by atoms with Gasteiger partial charge in [0, 0.05) is 19.0 Å². The summed E-state index contributed by atoms with van der Waals surface area (Å²) in [5.74, 6) is 0.432. The molecule has 0 bridgehead atoms. The lowest BCUT2D eigenvalue weighted by molar-refractivity contribution is -0.148. The average Bonchev–Trinajstić information content (AvgIpc) is 3.04. The van der Waals surface area contributed by atoms with Crippen molar-refractivity contribution in [1.82, 2.24) is 9.88 Å². The highest BCUT2D eigenvalue weighted by Crippen LogP contribution is 2.39. The van der Waals surface area contributed by atoms with Crippen LogP contribution >= 0.6 is 11.3 Å². The van der Waals surface area contributed by atoms with Gasteiger partial charge in [-0.1, -0.05) is 24.3 Å². The molecule has 0 saturated carbocycles. The van der Waals surface area contributed by atoms with Crippen LogP contribution in [0.3, 0.4) is 0 Å². The molecule has 1 aromatic heterocycles. The Morgan fingerprint density at radius 1 is 1.16 bits per heavy atom. The van der Waals surface area contributed by atoms with Crippen molar-refractivity contribution >= 4 is 27.5 Å². The van der Waals surface area contributed by atoms with Gasteiger partial charge in [0.05, 0.1) is 33.4 Å². The van der Waals surface area contributed by atoms with Crippen LogP contribution in [0.5, 0.6) is 0 Å². The predicted molar refractivity (Wildman–Crippen MR) is 101 cm³/mol. The SMILES string of the molecule is CC1CN(C(=O)C2CC=CCC2c2nc3ccccc3s2)CC(C)O1. The van der Waals surface area contributed by atoms with Crippen LogP contribution in [0.25, 0.3) is 10.2 Å². The molecule has 132 valence electrons. The predicted octanol–water partition coefficient (Wildman–Crippen LogP) is 3.98. The normalized spacial score (nSPS) is 29.9. The van der Waals surface area contributed by atoms with Crippen LogP contribution in [0.4, 0.5) is 0 Å². The molecule has 4 unspecified atom stereocenters. The molecule has 2 heterocycles. The Morgan fingerprint density at radius 3 is 2.64 bits per heavy atom. The molecule has 5 heteroatoms. The fraction of sp³-hybridized carbons (Fsp3) is 0.500. The van der Waals surface area contributed by atoms with Crippen molar-refractivity contribution in [2.24, 2.45) is 5.92 Å². The van der Waals surface area contributed by atoms with Gasteiger partial charge in [0.1, 0.15) is 0 Å². The first-order valence-electron chi connectivity index (χ1n) is 9.06. The zero-order chi connectivity index (χ0) is 17.4. The van der Waals surface area contributed by atoms with Gasteiger partial charge < -0.3 is 9.64 Å². The maximum Gasteiger partial charge on any atom is 0.226 e. The second-order valence-electron chi connectivity index (χ2n) is 7.18. The van der Waals surface area contributed by atoms with E-state index >= 15 is 0 Å². The smallest absolute Gasteiger partial charge is 0.226 e. The van der Waals surface area contributed by atoms with E-state index in [1.807, 2.05) is 30.9 Å². The third kappa shape index (κ3) is 3.35. The van der Waals surface area contributed by atoms with Gasteiger partial charge >= 0.3 is 0 Å². The maximum atomic E-state index is 13.3.